The summed E-state index contributed by atoms with van der Waals surface area (Å²) in [7, 11) is -5.37. The third kappa shape index (κ3) is 8.71. The number of hydrogen-bond acceptors (Lipinski definition) is 12. The predicted octanol–water partition coefficient (Wildman–Crippen LogP) is 1.33. The van der Waals surface area contributed by atoms with Gasteiger partial charge in [0.2, 0.25) is 6.29 Å². The lowest BCUT2D eigenvalue weighted by Crippen LogP contribution is -2.61. The van der Waals surface area contributed by atoms with Crippen molar-refractivity contribution in [3.63, 3.8) is 0 Å². The molecular formula is C29H31N2O12P. The number of aliphatic hydroxyl groups excluding tert-OH is 1. The molecule has 6 atom stereocenters. The van der Waals surface area contributed by atoms with Gasteiger partial charge in [0, 0.05) is 5.69 Å². The molecule has 0 radical (unpaired) electrons. The molecule has 14 nitrogen and oxygen atoms in total. The van der Waals surface area contributed by atoms with E-state index in [-0.39, 0.29) is 23.2 Å². The summed E-state index contributed by atoms with van der Waals surface area (Å²) in [4.78, 5) is 57.9. The second-order valence-corrected chi connectivity index (χ2v) is 10.9. The zero-order valence-corrected chi connectivity index (χ0v) is 24.0. The fourth-order valence-corrected chi connectivity index (χ4v) is 4.93. The SMILES string of the molecule is Nc1ccccc1C(=O)O[C@@H]1O[C@H](COC(=O)C(N)Cc2ccccc2)[C@@H](O)[C@H](OP(=O)(O)O)[C@H]1OC(=O)c1ccccc1. The van der Waals surface area contributed by atoms with E-state index >= 15 is 0 Å². The first-order chi connectivity index (χ1) is 20.9. The highest BCUT2D eigenvalue weighted by atomic mass is 31.2. The van der Waals surface area contributed by atoms with Gasteiger partial charge in [-0.2, -0.15) is 0 Å². The Morgan fingerprint density at radius 2 is 1.48 bits per heavy atom. The number of rotatable bonds is 11. The van der Waals surface area contributed by atoms with Gasteiger partial charge in [-0.05, 0) is 36.2 Å². The molecule has 1 saturated heterocycles. The molecule has 1 unspecified atom stereocenters. The number of anilines is 1. The van der Waals surface area contributed by atoms with Gasteiger partial charge >= 0.3 is 25.7 Å². The van der Waals surface area contributed by atoms with Crippen LogP contribution in [0.5, 0.6) is 0 Å². The van der Waals surface area contributed by atoms with Gasteiger partial charge in [-0.15, -0.1) is 0 Å². The summed E-state index contributed by atoms with van der Waals surface area (Å²) >= 11 is 0. The summed E-state index contributed by atoms with van der Waals surface area (Å²) in [5.41, 5.74) is 12.6. The van der Waals surface area contributed by atoms with Gasteiger partial charge in [0.1, 0.15) is 31.0 Å². The molecule has 1 aliphatic rings. The molecule has 0 amide bonds. The standard InChI is InChI=1S/C29H31N2O12P/c30-20-14-8-7-13-19(20)27(34)42-29-25(41-26(33)18-11-5-2-6-12-18)24(43-44(36,37)38)23(32)22(40-29)16-39-28(35)21(31)15-17-9-3-1-4-10-17/h1-14,21-25,29,32H,15-16,30-31H2,(H2,36,37,38)/t21?,22-,23-,24+,25-,29+/m1/s1. The maximum atomic E-state index is 13.1. The Morgan fingerprint density at radius 3 is 2.11 bits per heavy atom. The van der Waals surface area contributed by atoms with Crippen molar-refractivity contribution in [2.75, 3.05) is 12.3 Å². The van der Waals surface area contributed by atoms with Crippen LogP contribution in [0.15, 0.2) is 84.9 Å². The normalized spacial score (nSPS) is 22.4. The number of hydrogen-bond donors (Lipinski definition) is 5. The molecule has 4 rings (SSSR count). The molecule has 3 aromatic rings. The maximum absolute atomic E-state index is 13.1. The van der Waals surface area contributed by atoms with Crippen LogP contribution in [0.3, 0.4) is 0 Å². The largest absolute Gasteiger partial charge is 0.470 e. The van der Waals surface area contributed by atoms with Gasteiger partial charge in [-0.3, -0.25) is 9.32 Å². The minimum Gasteiger partial charge on any atom is -0.462 e. The lowest BCUT2D eigenvalue weighted by molar-refractivity contribution is -0.282. The first kappa shape index (κ1) is 32.8. The van der Waals surface area contributed by atoms with Gasteiger partial charge in [0.05, 0.1) is 11.1 Å². The van der Waals surface area contributed by atoms with Crippen molar-refractivity contribution in [1.29, 1.82) is 0 Å². The van der Waals surface area contributed by atoms with E-state index in [4.69, 9.17) is 34.9 Å². The Morgan fingerprint density at radius 1 is 0.864 bits per heavy atom. The summed E-state index contributed by atoms with van der Waals surface area (Å²) in [5, 5.41) is 11.1. The fraction of sp³-hybridized carbons (Fsp3) is 0.276. The highest BCUT2D eigenvalue weighted by molar-refractivity contribution is 7.46. The molecule has 0 saturated carbocycles. The lowest BCUT2D eigenvalue weighted by atomic mass is 9.98. The highest BCUT2D eigenvalue weighted by Gasteiger charge is 2.53. The molecule has 0 aromatic heterocycles. The highest BCUT2D eigenvalue weighted by Crippen LogP contribution is 2.42. The van der Waals surface area contributed by atoms with E-state index in [9.17, 15) is 33.8 Å². The molecule has 234 valence electrons. The van der Waals surface area contributed by atoms with Crippen LogP contribution in [0.25, 0.3) is 0 Å². The van der Waals surface area contributed by atoms with Gasteiger partial charge in [-0.25, -0.2) is 14.2 Å². The second-order valence-electron chi connectivity index (χ2n) is 9.75. The van der Waals surface area contributed by atoms with Gasteiger partial charge in [0.25, 0.3) is 0 Å². The number of benzene rings is 3. The van der Waals surface area contributed by atoms with Gasteiger partial charge in [-0.1, -0.05) is 60.7 Å². The molecule has 1 aliphatic heterocycles. The first-order valence-electron chi connectivity index (χ1n) is 13.3. The van der Waals surface area contributed by atoms with E-state index < -0.39 is 69.1 Å². The van der Waals surface area contributed by atoms with E-state index in [1.807, 2.05) is 0 Å². The van der Waals surface area contributed by atoms with Crippen LogP contribution in [0, 0.1) is 0 Å². The lowest BCUT2D eigenvalue weighted by Gasteiger charge is -2.42. The number of carbonyl (C=O) groups is 3. The third-order valence-electron chi connectivity index (χ3n) is 6.53. The summed E-state index contributed by atoms with van der Waals surface area (Å²) in [5.74, 6) is -2.94. The summed E-state index contributed by atoms with van der Waals surface area (Å²) < 4.78 is 38.6. The zero-order valence-electron chi connectivity index (χ0n) is 23.1. The number of nitrogen functional groups attached to an aromatic ring is 1. The molecule has 3 aromatic carbocycles. The molecule has 1 fully saturated rings. The molecule has 0 spiro atoms. The average molecular weight is 631 g/mol. The molecular weight excluding hydrogens is 599 g/mol. The summed E-state index contributed by atoms with van der Waals surface area (Å²) in [6, 6.07) is 21.1. The topological polar surface area (TPSA) is 227 Å². The van der Waals surface area contributed by atoms with E-state index in [1.54, 1.807) is 42.5 Å². The number of aliphatic hydroxyl groups is 1. The maximum Gasteiger partial charge on any atom is 0.470 e. The molecule has 7 N–H and O–H groups in total. The van der Waals surface area contributed by atoms with Crippen molar-refractivity contribution in [3.8, 4) is 0 Å². The van der Waals surface area contributed by atoms with E-state index in [1.165, 1.54) is 42.5 Å². The Hall–Kier alpha value is -4.14. The number of ether oxygens (including phenoxy) is 4. The van der Waals surface area contributed by atoms with Crippen molar-refractivity contribution in [1.82, 2.24) is 0 Å². The predicted molar refractivity (Wildman–Crippen MR) is 153 cm³/mol. The Kier molecular flexibility index (Phi) is 10.8. The van der Waals surface area contributed by atoms with Crippen LogP contribution in [-0.4, -0.2) is 76.2 Å². The van der Waals surface area contributed by atoms with Crippen LogP contribution in [0.1, 0.15) is 26.3 Å². The summed E-state index contributed by atoms with van der Waals surface area (Å²) in [6.07, 6.45) is -9.27. The molecule has 15 heteroatoms. The Balaban J connectivity index is 1.59. The van der Waals surface area contributed by atoms with Crippen LogP contribution >= 0.6 is 7.82 Å². The summed E-state index contributed by atoms with van der Waals surface area (Å²) in [6.45, 7) is -0.704. The van der Waals surface area contributed by atoms with Gasteiger partial charge in [0.15, 0.2) is 6.10 Å². The number of esters is 3. The molecule has 0 aliphatic carbocycles. The number of nitrogens with two attached hydrogens (primary N) is 2. The van der Waals surface area contributed by atoms with Crippen LogP contribution in [0.2, 0.25) is 0 Å². The Labute approximate surface area is 251 Å². The van der Waals surface area contributed by atoms with Crippen LogP contribution in [0.4, 0.5) is 5.69 Å². The van der Waals surface area contributed by atoms with Crippen molar-refractivity contribution < 1.29 is 57.3 Å². The third-order valence-corrected chi connectivity index (χ3v) is 7.04. The minimum atomic E-state index is -5.37. The van der Waals surface area contributed by atoms with Crippen molar-refractivity contribution in [3.05, 3.63) is 102 Å². The average Bonchev–Trinajstić information content (AvgIpc) is 2.99. The van der Waals surface area contributed by atoms with Crippen molar-refractivity contribution in [2.45, 2.75) is 43.2 Å². The smallest absolute Gasteiger partial charge is 0.462 e. The quantitative estimate of drug-likeness (QED) is 0.0872. The molecule has 0 bridgehead atoms. The van der Waals surface area contributed by atoms with Crippen molar-refractivity contribution >= 4 is 31.4 Å². The minimum absolute atomic E-state index is 0.0257. The number of carbonyl (C=O) groups excluding carboxylic acids is 3. The fourth-order valence-electron chi connectivity index (χ4n) is 4.37. The van der Waals surface area contributed by atoms with E-state index in [0.29, 0.717) is 0 Å². The van der Waals surface area contributed by atoms with Crippen molar-refractivity contribution in [2.24, 2.45) is 5.73 Å². The molecule has 1 heterocycles. The first-order valence-corrected chi connectivity index (χ1v) is 14.8. The zero-order chi connectivity index (χ0) is 31.9. The van der Waals surface area contributed by atoms with E-state index in [0.717, 1.165) is 5.56 Å². The number of phosphoric ester groups is 1. The van der Waals surface area contributed by atoms with Gasteiger partial charge < -0.3 is 45.3 Å². The van der Waals surface area contributed by atoms with Crippen LogP contribution < -0.4 is 11.5 Å². The van der Waals surface area contributed by atoms with Crippen LogP contribution in [-0.2, 0) is 39.3 Å². The second kappa shape index (κ2) is 14.6. The van der Waals surface area contributed by atoms with E-state index in [2.05, 4.69) is 0 Å². The monoisotopic (exact) mass is 630 g/mol. The number of para-hydroxylation sites is 1. The Bertz CT molecular complexity index is 1490. The number of phosphoric acid groups is 1. The molecule has 44 heavy (non-hydrogen) atoms.